The zero-order valence-corrected chi connectivity index (χ0v) is 12.8. The molecule has 1 fully saturated rings. The zero-order chi connectivity index (χ0) is 14.8. The zero-order valence-electron chi connectivity index (χ0n) is 12.1. The molecule has 6 heteroatoms. The van der Waals surface area contributed by atoms with Crippen molar-refractivity contribution in [3.05, 3.63) is 22.8 Å². The Hall–Kier alpha value is -1.33. The van der Waals surface area contributed by atoms with Gasteiger partial charge in [-0.1, -0.05) is 11.6 Å². The Bertz CT molecular complexity index is 505. The van der Waals surface area contributed by atoms with Crippen molar-refractivity contribution in [3.63, 3.8) is 0 Å². The third kappa shape index (κ3) is 3.41. The molecule has 0 saturated carbocycles. The lowest BCUT2D eigenvalue weighted by molar-refractivity contribution is -0.0763. The minimum Gasteiger partial charge on any atom is -0.372 e. The van der Waals surface area contributed by atoms with Gasteiger partial charge < -0.3 is 15.0 Å². The van der Waals surface area contributed by atoms with Gasteiger partial charge in [0.15, 0.2) is 0 Å². The first-order chi connectivity index (χ1) is 9.43. The summed E-state index contributed by atoms with van der Waals surface area (Å²) < 4.78 is 5.62. The standard InChI is InChI=1S/C14H20ClN3O2/c1-4-16-12-7-10(11(15)8-17-12)13(19)18-5-6-20-14(2,3)9-18/h7-8H,4-6,9H2,1-3H3,(H,16,17). The molecule has 1 aliphatic rings. The van der Waals surface area contributed by atoms with Crippen LogP contribution in [0.4, 0.5) is 5.82 Å². The van der Waals surface area contributed by atoms with Crippen molar-refractivity contribution in [1.29, 1.82) is 0 Å². The van der Waals surface area contributed by atoms with Crippen LogP contribution in [-0.4, -0.2) is 47.6 Å². The van der Waals surface area contributed by atoms with Gasteiger partial charge in [0.2, 0.25) is 0 Å². The van der Waals surface area contributed by atoms with Gasteiger partial charge in [0.25, 0.3) is 5.91 Å². The van der Waals surface area contributed by atoms with Crippen molar-refractivity contribution >= 4 is 23.3 Å². The lowest BCUT2D eigenvalue weighted by Gasteiger charge is -2.38. The van der Waals surface area contributed by atoms with E-state index in [1.807, 2.05) is 20.8 Å². The SMILES string of the molecule is CCNc1cc(C(=O)N2CCOC(C)(C)C2)c(Cl)cn1. The van der Waals surface area contributed by atoms with E-state index in [0.717, 1.165) is 6.54 Å². The number of rotatable bonds is 3. The fourth-order valence-corrected chi connectivity index (χ4v) is 2.42. The molecule has 0 radical (unpaired) electrons. The Balaban J connectivity index is 2.21. The molecule has 0 bridgehead atoms. The normalized spacial score (nSPS) is 17.9. The van der Waals surface area contributed by atoms with Gasteiger partial charge in [0.1, 0.15) is 5.82 Å². The number of anilines is 1. The van der Waals surface area contributed by atoms with Crippen molar-refractivity contribution in [2.24, 2.45) is 0 Å². The first kappa shape index (κ1) is 15.1. The third-order valence-electron chi connectivity index (χ3n) is 3.16. The smallest absolute Gasteiger partial charge is 0.255 e. The molecule has 20 heavy (non-hydrogen) atoms. The third-order valence-corrected chi connectivity index (χ3v) is 3.46. The van der Waals surface area contributed by atoms with Crippen LogP contribution in [0.5, 0.6) is 0 Å². The second kappa shape index (κ2) is 5.97. The molecule has 0 unspecified atom stereocenters. The maximum absolute atomic E-state index is 12.6. The largest absolute Gasteiger partial charge is 0.372 e. The van der Waals surface area contributed by atoms with Gasteiger partial charge in [-0.05, 0) is 26.8 Å². The van der Waals surface area contributed by atoms with Gasteiger partial charge >= 0.3 is 0 Å². The van der Waals surface area contributed by atoms with Gasteiger partial charge in [-0.2, -0.15) is 0 Å². The summed E-state index contributed by atoms with van der Waals surface area (Å²) in [7, 11) is 0. The number of morpholine rings is 1. The number of nitrogens with zero attached hydrogens (tertiary/aromatic N) is 2. The molecule has 2 heterocycles. The van der Waals surface area contributed by atoms with Crippen molar-refractivity contribution in [3.8, 4) is 0 Å². The molecule has 1 saturated heterocycles. The van der Waals surface area contributed by atoms with Gasteiger partial charge in [-0.15, -0.1) is 0 Å². The Morgan fingerprint density at radius 3 is 3.00 bits per heavy atom. The van der Waals surface area contributed by atoms with E-state index < -0.39 is 0 Å². The first-order valence-electron chi connectivity index (χ1n) is 6.75. The summed E-state index contributed by atoms with van der Waals surface area (Å²) in [5.74, 6) is 0.584. The lowest BCUT2D eigenvalue weighted by Crippen LogP contribution is -2.50. The summed E-state index contributed by atoms with van der Waals surface area (Å²) in [5, 5.41) is 3.46. The summed E-state index contributed by atoms with van der Waals surface area (Å²) >= 11 is 6.11. The van der Waals surface area contributed by atoms with Gasteiger partial charge in [0.05, 0.1) is 22.8 Å². The van der Waals surface area contributed by atoms with Gasteiger partial charge in [-0.3, -0.25) is 4.79 Å². The van der Waals surface area contributed by atoms with Crippen LogP contribution in [0, 0.1) is 0 Å². The minimum atomic E-state index is -0.322. The van der Waals surface area contributed by atoms with E-state index in [4.69, 9.17) is 16.3 Å². The predicted molar refractivity (Wildman–Crippen MR) is 79.3 cm³/mol. The van der Waals surface area contributed by atoms with Crippen molar-refractivity contribution in [2.75, 3.05) is 31.6 Å². The highest BCUT2D eigenvalue weighted by Gasteiger charge is 2.31. The van der Waals surface area contributed by atoms with E-state index in [-0.39, 0.29) is 11.5 Å². The maximum atomic E-state index is 12.6. The number of hydrogen-bond acceptors (Lipinski definition) is 4. The van der Waals surface area contributed by atoms with Crippen molar-refractivity contribution in [1.82, 2.24) is 9.88 Å². The molecule has 0 aliphatic carbocycles. The molecule has 2 rings (SSSR count). The van der Waals surface area contributed by atoms with E-state index in [1.54, 1.807) is 11.0 Å². The number of carbonyl (C=O) groups excluding carboxylic acids is 1. The van der Waals surface area contributed by atoms with E-state index in [1.165, 1.54) is 6.20 Å². The molecule has 1 aromatic rings. The van der Waals surface area contributed by atoms with Crippen LogP contribution in [0.2, 0.25) is 5.02 Å². The fourth-order valence-electron chi connectivity index (χ4n) is 2.24. The molecule has 1 aliphatic heterocycles. The van der Waals surface area contributed by atoms with Crippen molar-refractivity contribution < 1.29 is 9.53 Å². The fraction of sp³-hybridized carbons (Fsp3) is 0.571. The van der Waals surface area contributed by atoms with E-state index in [9.17, 15) is 4.79 Å². The van der Waals surface area contributed by atoms with Crippen LogP contribution in [0.15, 0.2) is 12.3 Å². The Kier molecular flexibility index (Phi) is 4.50. The second-order valence-corrected chi connectivity index (χ2v) is 5.82. The summed E-state index contributed by atoms with van der Waals surface area (Å²) in [4.78, 5) is 18.5. The summed E-state index contributed by atoms with van der Waals surface area (Å²) in [6.45, 7) is 8.35. The molecule has 110 valence electrons. The summed E-state index contributed by atoms with van der Waals surface area (Å²) in [6.07, 6.45) is 1.51. The second-order valence-electron chi connectivity index (χ2n) is 5.41. The number of ether oxygens (including phenoxy) is 1. The highest BCUT2D eigenvalue weighted by Crippen LogP contribution is 2.23. The number of halogens is 1. The molecular weight excluding hydrogens is 278 g/mol. The number of hydrogen-bond donors (Lipinski definition) is 1. The van der Waals surface area contributed by atoms with Crippen molar-refractivity contribution in [2.45, 2.75) is 26.4 Å². The number of pyridine rings is 1. The predicted octanol–water partition coefficient (Wildman–Crippen LogP) is 2.42. The molecule has 1 N–H and O–H groups in total. The first-order valence-corrected chi connectivity index (χ1v) is 7.13. The van der Waals surface area contributed by atoms with E-state index >= 15 is 0 Å². The van der Waals surface area contributed by atoms with E-state index in [0.29, 0.717) is 36.1 Å². The Morgan fingerprint density at radius 1 is 1.60 bits per heavy atom. The highest BCUT2D eigenvalue weighted by atomic mass is 35.5. The highest BCUT2D eigenvalue weighted by molar-refractivity contribution is 6.33. The number of aromatic nitrogens is 1. The van der Waals surface area contributed by atoms with E-state index in [2.05, 4.69) is 10.3 Å². The van der Waals surface area contributed by atoms with Crippen LogP contribution >= 0.6 is 11.6 Å². The van der Waals surface area contributed by atoms with Crippen LogP contribution < -0.4 is 5.32 Å². The average molecular weight is 298 g/mol. The lowest BCUT2D eigenvalue weighted by atomic mass is 10.1. The molecule has 5 nitrogen and oxygen atoms in total. The van der Waals surface area contributed by atoms with Crippen LogP contribution in [0.3, 0.4) is 0 Å². The maximum Gasteiger partial charge on any atom is 0.255 e. The molecule has 1 aromatic heterocycles. The Labute approximate surface area is 124 Å². The van der Waals surface area contributed by atoms with Gasteiger partial charge in [-0.25, -0.2) is 4.98 Å². The summed E-state index contributed by atoms with van der Waals surface area (Å²) in [5.41, 5.74) is 0.160. The molecule has 0 spiro atoms. The number of carbonyl (C=O) groups is 1. The van der Waals surface area contributed by atoms with Crippen LogP contribution in [0.25, 0.3) is 0 Å². The average Bonchev–Trinajstić information content (AvgIpc) is 2.39. The van der Waals surface area contributed by atoms with Crippen LogP contribution in [0.1, 0.15) is 31.1 Å². The molecule has 0 aromatic carbocycles. The monoisotopic (exact) mass is 297 g/mol. The quantitative estimate of drug-likeness (QED) is 0.931. The molecule has 1 amide bonds. The minimum absolute atomic E-state index is 0.0760. The Morgan fingerprint density at radius 2 is 2.35 bits per heavy atom. The topological polar surface area (TPSA) is 54.5 Å². The number of nitrogens with one attached hydrogen (secondary N) is 1. The summed E-state index contributed by atoms with van der Waals surface area (Å²) in [6, 6.07) is 1.70. The molecule has 0 atom stereocenters. The van der Waals surface area contributed by atoms with Gasteiger partial charge in [0, 0.05) is 25.8 Å². The number of amides is 1. The van der Waals surface area contributed by atoms with Crippen LogP contribution in [-0.2, 0) is 4.74 Å². The molecular formula is C14H20ClN3O2.